The van der Waals surface area contributed by atoms with Crippen LogP contribution in [0.3, 0.4) is 0 Å². The molecule has 1 aromatic carbocycles. The van der Waals surface area contributed by atoms with Gasteiger partial charge in [0.1, 0.15) is 25.4 Å². The summed E-state index contributed by atoms with van der Waals surface area (Å²) in [5.41, 5.74) is -0.0222. The first kappa shape index (κ1) is 17.9. The Labute approximate surface area is 152 Å². The van der Waals surface area contributed by atoms with Gasteiger partial charge in [-0.3, -0.25) is 0 Å². The number of nitrogens with zero attached hydrogens (tertiary/aromatic N) is 4. The van der Waals surface area contributed by atoms with Gasteiger partial charge < -0.3 is 9.94 Å². The zero-order valence-electron chi connectivity index (χ0n) is 14.7. The first-order valence-electron chi connectivity index (χ1n) is 8.35. The highest BCUT2D eigenvalue weighted by Crippen LogP contribution is 2.61. The Bertz CT molecular complexity index is 739. The van der Waals surface area contributed by atoms with E-state index in [-0.39, 0.29) is 12.5 Å². The van der Waals surface area contributed by atoms with E-state index in [1.165, 1.54) is 13.4 Å². The predicted octanol–water partition coefficient (Wildman–Crippen LogP) is 3.26. The van der Waals surface area contributed by atoms with Gasteiger partial charge >= 0.3 is 0 Å². The summed E-state index contributed by atoms with van der Waals surface area (Å²) in [5, 5.41) is 21.0. The largest absolute Gasteiger partial charge is 0.399 e. The monoisotopic (exact) mass is 362 g/mol. The lowest BCUT2D eigenvalue weighted by Crippen LogP contribution is -2.46. The van der Waals surface area contributed by atoms with E-state index < -0.39 is 11.0 Å². The van der Waals surface area contributed by atoms with Crippen LogP contribution >= 0.6 is 11.6 Å². The van der Waals surface area contributed by atoms with Crippen molar-refractivity contribution in [3.63, 3.8) is 0 Å². The Morgan fingerprint density at radius 1 is 1.40 bits per heavy atom. The van der Waals surface area contributed by atoms with Gasteiger partial charge in [-0.2, -0.15) is 5.10 Å². The molecule has 3 rings (SSSR count). The summed E-state index contributed by atoms with van der Waals surface area (Å²) in [5.74, 6) is 0.150. The van der Waals surface area contributed by atoms with Crippen molar-refractivity contribution >= 4 is 17.3 Å². The number of halogens is 1. The topological polar surface area (TPSA) is 72.5 Å². The smallest absolute Gasteiger partial charge is 0.137 e. The molecule has 1 fully saturated rings. The molecule has 0 amide bonds. The molecule has 1 unspecified atom stereocenters. The summed E-state index contributed by atoms with van der Waals surface area (Å²) in [6.07, 6.45) is 4.75. The second kappa shape index (κ2) is 6.77. The number of aliphatic hydroxyl groups is 1. The quantitative estimate of drug-likeness (QED) is 0.606. The molecule has 6 nitrogen and oxygen atoms in total. The SMILES string of the molecule is CON=C(C(C)C)C1(C(O)(Cn2cncn2)c2ccc(Cl)cc2)CC1. The van der Waals surface area contributed by atoms with E-state index in [1.807, 2.05) is 12.1 Å². The van der Waals surface area contributed by atoms with Crippen LogP contribution in [-0.2, 0) is 17.0 Å². The molecule has 0 saturated heterocycles. The second-order valence-corrected chi connectivity index (χ2v) is 7.29. The van der Waals surface area contributed by atoms with Crippen LogP contribution in [0.15, 0.2) is 42.1 Å². The van der Waals surface area contributed by atoms with E-state index in [1.54, 1.807) is 23.1 Å². The van der Waals surface area contributed by atoms with Crippen molar-refractivity contribution in [3.8, 4) is 0 Å². The van der Waals surface area contributed by atoms with Crippen LogP contribution in [0.4, 0.5) is 0 Å². The van der Waals surface area contributed by atoms with E-state index in [0.29, 0.717) is 5.02 Å². The molecule has 134 valence electrons. The molecule has 7 heteroatoms. The van der Waals surface area contributed by atoms with Crippen molar-refractivity contribution in [2.45, 2.75) is 38.8 Å². The van der Waals surface area contributed by atoms with Gasteiger partial charge in [-0.15, -0.1) is 0 Å². The molecular weight excluding hydrogens is 340 g/mol. The number of aromatic nitrogens is 3. The van der Waals surface area contributed by atoms with Crippen molar-refractivity contribution in [1.82, 2.24) is 14.8 Å². The van der Waals surface area contributed by atoms with Gasteiger partial charge in [-0.05, 0) is 36.5 Å². The van der Waals surface area contributed by atoms with E-state index >= 15 is 0 Å². The van der Waals surface area contributed by atoms with Crippen molar-refractivity contribution in [2.24, 2.45) is 16.5 Å². The van der Waals surface area contributed by atoms with Gasteiger partial charge in [0.25, 0.3) is 0 Å². The third-order valence-corrected chi connectivity index (χ3v) is 5.20. The Balaban J connectivity index is 2.10. The van der Waals surface area contributed by atoms with Crippen LogP contribution in [0.1, 0.15) is 32.3 Å². The highest BCUT2D eigenvalue weighted by Gasteiger charge is 2.63. The summed E-state index contributed by atoms with van der Waals surface area (Å²) in [7, 11) is 1.54. The van der Waals surface area contributed by atoms with E-state index in [2.05, 4.69) is 29.1 Å². The Hall–Kier alpha value is -1.92. The second-order valence-electron chi connectivity index (χ2n) is 6.86. The minimum absolute atomic E-state index is 0.150. The van der Waals surface area contributed by atoms with Crippen LogP contribution in [0.5, 0.6) is 0 Å². The normalized spacial score (nSPS) is 18.9. The fourth-order valence-electron chi connectivity index (χ4n) is 3.64. The number of hydrogen-bond acceptors (Lipinski definition) is 5. The Morgan fingerprint density at radius 3 is 2.56 bits per heavy atom. The molecule has 1 aliphatic rings. The molecule has 1 atom stereocenters. The summed E-state index contributed by atoms with van der Waals surface area (Å²) in [6, 6.07) is 7.32. The average Bonchev–Trinajstić information content (AvgIpc) is 3.24. The lowest BCUT2D eigenvalue weighted by molar-refractivity contribution is -0.0323. The third kappa shape index (κ3) is 3.16. The summed E-state index contributed by atoms with van der Waals surface area (Å²) in [4.78, 5) is 9.10. The minimum Gasteiger partial charge on any atom is -0.399 e. The molecule has 1 N–H and O–H groups in total. The number of oxime groups is 1. The number of benzene rings is 1. The van der Waals surface area contributed by atoms with Crippen LogP contribution in [0.2, 0.25) is 5.02 Å². The summed E-state index contributed by atoms with van der Waals surface area (Å²) >= 11 is 6.04. The van der Waals surface area contributed by atoms with E-state index in [4.69, 9.17) is 16.4 Å². The van der Waals surface area contributed by atoms with Crippen LogP contribution < -0.4 is 0 Å². The van der Waals surface area contributed by atoms with E-state index in [9.17, 15) is 5.11 Å². The van der Waals surface area contributed by atoms with Crippen molar-refractivity contribution in [2.75, 3.05) is 7.11 Å². The molecule has 0 aliphatic heterocycles. The highest BCUT2D eigenvalue weighted by molar-refractivity contribution is 6.30. The van der Waals surface area contributed by atoms with Gasteiger partial charge in [-0.25, -0.2) is 9.67 Å². The van der Waals surface area contributed by atoms with Crippen LogP contribution in [0.25, 0.3) is 0 Å². The van der Waals surface area contributed by atoms with Gasteiger partial charge in [0, 0.05) is 10.4 Å². The van der Waals surface area contributed by atoms with Gasteiger partial charge in [0.2, 0.25) is 0 Å². The maximum absolute atomic E-state index is 11.9. The molecule has 1 aliphatic carbocycles. The van der Waals surface area contributed by atoms with Gasteiger partial charge in [0.05, 0.1) is 12.3 Å². The lowest BCUT2D eigenvalue weighted by atomic mass is 9.72. The van der Waals surface area contributed by atoms with Crippen LogP contribution in [0, 0.1) is 11.3 Å². The van der Waals surface area contributed by atoms with Gasteiger partial charge in [-0.1, -0.05) is 42.7 Å². The molecule has 2 aromatic rings. The molecule has 1 heterocycles. The Kier molecular flexibility index (Phi) is 4.84. The molecule has 0 bridgehead atoms. The average molecular weight is 363 g/mol. The highest BCUT2D eigenvalue weighted by atomic mass is 35.5. The zero-order chi connectivity index (χ0) is 18.1. The first-order chi connectivity index (χ1) is 11.9. The van der Waals surface area contributed by atoms with Crippen molar-refractivity contribution in [1.29, 1.82) is 0 Å². The third-order valence-electron chi connectivity index (χ3n) is 4.95. The molecule has 1 saturated carbocycles. The summed E-state index contributed by atoms with van der Waals surface area (Å²) in [6.45, 7) is 4.41. The fourth-order valence-corrected chi connectivity index (χ4v) is 3.77. The van der Waals surface area contributed by atoms with Crippen molar-refractivity contribution < 1.29 is 9.94 Å². The standard InChI is InChI=1S/C18H23ClN4O2/c1-13(2)16(22-25-3)17(8-9-17)18(24,10-23-12-20-11-21-23)14-4-6-15(19)7-5-14/h4-7,11-13,24H,8-10H2,1-3H3. The zero-order valence-corrected chi connectivity index (χ0v) is 15.4. The lowest BCUT2D eigenvalue weighted by Gasteiger charge is -2.38. The molecule has 1 aromatic heterocycles. The van der Waals surface area contributed by atoms with Gasteiger partial charge in [0.15, 0.2) is 0 Å². The minimum atomic E-state index is -1.19. The van der Waals surface area contributed by atoms with Crippen LogP contribution in [-0.4, -0.2) is 32.7 Å². The Morgan fingerprint density at radius 2 is 2.08 bits per heavy atom. The summed E-state index contributed by atoms with van der Waals surface area (Å²) < 4.78 is 1.65. The number of hydrogen-bond donors (Lipinski definition) is 1. The van der Waals surface area contributed by atoms with Crippen molar-refractivity contribution in [3.05, 3.63) is 47.5 Å². The van der Waals surface area contributed by atoms with E-state index in [0.717, 1.165) is 24.1 Å². The fraction of sp³-hybridized carbons (Fsp3) is 0.500. The first-order valence-corrected chi connectivity index (χ1v) is 8.73. The predicted molar refractivity (Wildman–Crippen MR) is 96.3 cm³/mol. The molecular formula is C18H23ClN4O2. The molecule has 0 spiro atoms. The molecule has 25 heavy (non-hydrogen) atoms. The molecule has 0 radical (unpaired) electrons. The number of rotatable bonds is 7. The maximum atomic E-state index is 11.9. The maximum Gasteiger partial charge on any atom is 0.137 e.